The van der Waals surface area contributed by atoms with Crippen molar-refractivity contribution in [3.05, 3.63) is 52.0 Å². The van der Waals surface area contributed by atoms with Gasteiger partial charge in [-0.15, -0.1) is 11.3 Å². The van der Waals surface area contributed by atoms with E-state index >= 15 is 0 Å². The first-order valence-corrected chi connectivity index (χ1v) is 14.9. The van der Waals surface area contributed by atoms with Crippen LogP contribution in [-0.2, 0) is 25.5 Å². The Morgan fingerprint density at radius 3 is 2.34 bits per heavy atom. The smallest absolute Gasteiger partial charge is 0.306 e. The third-order valence-electron chi connectivity index (χ3n) is 7.14. The Kier molecular flexibility index (Phi) is 13.4. The van der Waals surface area contributed by atoms with E-state index in [2.05, 4.69) is 10.3 Å². The lowest BCUT2D eigenvalue weighted by atomic mass is 9.95. The summed E-state index contributed by atoms with van der Waals surface area (Å²) in [7, 11) is 1.73. The first-order valence-electron chi connectivity index (χ1n) is 14.0. The quantitative estimate of drug-likeness (QED) is 0.247. The lowest BCUT2D eigenvalue weighted by Gasteiger charge is -2.34. The number of nitrogens with zero attached hydrogens (tertiary/aromatic N) is 2. The van der Waals surface area contributed by atoms with Crippen LogP contribution in [-0.4, -0.2) is 63.9 Å². The summed E-state index contributed by atoms with van der Waals surface area (Å²) < 4.78 is 5.63. The molecule has 0 aliphatic heterocycles. The van der Waals surface area contributed by atoms with Gasteiger partial charge in [0.1, 0.15) is 10.7 Å². The predicted octanol–water partition coefficient (Wildman–Crippen LogP) is 4.20. The average molecular weight is 589 g/mol. The van der Waals surface area contributed by atoms with Crippen LogP contribution in [0, 0.1) is 11.8 Å². The number of carbonyl (C=O) groups excluding carboxylic acids is 3. The highest BCUT2D eigenvalue weighted by molar-refractivity contribution is 7.09. The van der Waals surface area contributed by atoms with Gasteiger partial charge in [-0.3, -0.25) is 19.2 Å². The second-order valence-corrected chi connectivity index (χ2v) is 11.8. The maximum absolute atomic E-state index is 13.2. The van der Waals surface area contributed by atoms with Crippen molar-refractivity contribution in [1.29, 1.82) is 0 Å². The molecule has 5 atom stereocenters. The van der Waals surface area contributed by atoms with Crippen LogP contribution in [0.25, 0.3) is 0 Å². The molecule has 2 aromatic rings. The Morgan fingerprint density at radius 2 is 1.78 bits per heavy atom. The van der Waals surface area contributed by atoms with Crippen LogP contribution in [0.3, 0.4) is 0 Å². The van der Waals surface area contributed by atoms with Crippen LogP contribution in [0.1, 0.15) is 87.5 Å². The Balaban J connectivity index is 2.24. The number of thiazole rings is 1. The minimum Gasteiger partial charge on any atom is -0.481 e. The molecule has 41 heavy (non-hydrogen) atoms. The molecule has 0 spiro atoms. The molecule has 1 aromatic heterocycles. The predicted molar refractivity (Wildman–Crippen MR) is 158 cm³/mol. The Morgan fingerprint density at radius 1 is 1.12 bits per heavy atom. The summed E-state index contributed by atoms with van der Waals surface area (Å²) in [5.74, 6) is -2.54. The highest BCUT2D eigenvalue weighted by Crippen LogP contribution is 2.30. The molecule has 0 fully saturated rings. The average Bonchev–Trinajstić information content (AvgIpc) is 3.41. The molecule has 0 aliphatic carbocycles. The Labute approximate surface area is 246 Å². The van der Waals surface area contributed by atoms with Gasteiger partial charge < -0.3 is 25.8 Å². The summed E-state index contributed by atoms with van der Waals surface area (Å²) >= 11 is 1.20. The van der Waals surface area contributed by atoms with Gasteiger partial charge in [0.15, 0.2) is 6.10 Å². The third-order valence-corrected chi connectivity index (χ3v) is 8.07. The number of aliphatic carboxylic acids is 1. The molecular formula is C30H44N4O6S. The maximum atomic E-state index is 13.2. The standard InChI is InChI=1S/C30H44N4O6S/c1-7-22(31)15-27(36)34(6)25(18(2)3)16-26(40-20(5)35)29-33-24(17-41-29)28(37)32-23(13-19(4)30(38)39)14-21-11-9-8-10-12-21/h8-12,17-19,22-23,25-26H,7,13-16,31H2,1-6H3,(H,32,37)(H,38,39)/t19-,22-,23+,25+,26+/m0/s1. The number of nitrogens with one attached hydrogen (secondary N) is 1. The van der Waals surface area contributed by atoms with Crippen molar-refractivity contribution in [3.63, 3.8) is 0 Å². The van der Waals surface area contributed by atoms with E-state index in [1.807, 2.05) is 51.1 Å². The van der Waals surface area contributed by atoms with E-state index in [9.17, 15) is 24.3 Å². The number of benzene rings is 1. The summed E-state index contributed by atoms with van der Waals surface area (Å²) in [5, 5.41) is 14.4. The molecule has 226 valence electrons. The Bertz CT molecular complexity index is 1150. The maximum Gasteiger partial charge on any atom is 0.306 e. The number of rotatable bonds is 16. The first kappa shape index (κ1) is 33.9. The number of carboxylic acid groups (broad SMARTS) is 1. The van der Waals surface area contributed by atoms with Crippen LogP contribution < -0.4 is 11.1 Å². The molecule has 0 bridgehead atoms. The summed E-state index contributed by atoms with van der Waals surface area (Å²) in [6, 6.07) is 8.62. The SMILES string of the molecule is CC[C@H](N)CC(=O)N(C)[C@H](C[C@@H](OC(C)=O)c1nc(C(=O)N[C@@H](Cc2ccccc2)C[C@H](C)C(=O)O)cs1)C(C)C. The fraction of sp³-hybridized carbons (Fsp3) is 0.567. The molecule has 0 saturated heterocycles. The van der Waals surface area contributed by atoms with Crippen LogP contribution >= 0.6 is 11.3 Å². The summed E-state index contributed by atoms with van der Waals surface area (Å²) in [5.41, 5.74) is 7.13. The van der Waals surface area contributed by atoms with Gasteiger partial charge in [-0.1, -0.05) is 58.0 Å². The van der Waals surface area contributed by atoms with Crippen molar-refractivity contribution in [3.8, 4) is 0 Å². The van der Waals surface area contributed by atoms with Crippen molar-refractivity contribution in [1.82, 2.24) is 15.2 Å². The van der Waals surface area contributed by atoms with Gasteiger partial charge in [-0.25, -0.2) is 4.98 Å². The van der Waals surface area contributed by atoms with Crippen molar-refractivity contribution >= 4 is 35.1 Å². The molecule has 2 amide bonds. The van der Waals surface area contributed by atoms with Crippen LogP contribution in [0.2, 0.25) is 0 Å². The molecule has 1 heterocycles. The van der Waals surface area contributed by atoms with Crippen LogP contribution in [0.5, 0.6) is 0 Å². The van der Waals surface area contributed by atoms with Gasteiger partial charge in [-0.2, -0.15) is 0 Å². The number of carboxylic acids is 1. The molecule has 4 N–H and O–H groups in total. The lowest BCUT2D eigenvalue weighted by Crippen LogP contribution is -2.43. The zero-order valence-electron chi connectivity index (χ0n) is 24.8. The fourth-order valence-electron chi connectivity index (χ4n) is 4.61. The number of aromatic nitrogens is 1. The fourth-order valence-corrected chi connectivity index (χ4v) is 5.45. The number of hydrogen-bond acceptors (Lipinski definition) is 8. The van der Waals surface area contributed by atoms with Gasteiger partial charge in [0.05, 0.1) is 5.92 Å². The van der Waals surface area contributed by atoms with Crippen molar-refractivity contribution in [2.75, 3.05) is 7.05 Å². The second-order valence-electron chi connectivity index (χ2n) is 10.9. The normalized spacial score (nSPS) is 14.9. The van der Waals surface area contributed by atoms with Gasteiger partial charge in [-0.05, 0) is 30.7 Å². The van der Waals surface area contributed by atoms with E-state index in [0.717, 1.165) is 5.56 Å². The summed E-state index contributed by atoms with van der Waals surface area (Å²) in [4.78, 5) is 55.8. The van der Waals surface area contributed by atoms with Crippen LogP contribution in [0.4, 0.5) is 0 Å². The monoisotopic (exact) mass is 588 g/mol. The first-order chi connectivity index (χ1) is 19.3. The Hall–Kier alpha value is -3.31. The topological polar surface area (TPSA) is 152 Å². The molecule has 0 aliphatic rings. The van der Waals surface area contributed by atoms with Gasteiger partial charge in [0.25, 0.3) is 5.91 Å². The number of amides is 2. The molecule has 0 saturated carbocycles. The van der Waals surface area contributed by atoms with E-state index in [-0.39, 0.29) is 42.4 Å². The van der Waals surface area contributed by atoms with Gasteiger partial charge in [0.2, 0.25) is 5.91 Å². The summed E-state index contributed by atoms with van der Waals surface area (Å²) in [6.07, 6.45) is 1.18. The second kappa shape index (κ2) is 16.2. The minimum absolute atomic E-state index is 0.0533. The molecular weight excluding hydrogens is 544 g/mol. The highest BCUT2D eigenvalue weighted by atomic mass is 32.1. The van der Waals surface area contributed by atoms with Gasteiger partial charge >= 0.3 is 11.9 Å². The van der Waals surface area contributed by atoms with E-state index in [1.165, 1.54) is 18.3 Å². The largest absolute Gasteiger partial charge is 0.481 e. The summed E-state index contributed by atoms with van der Waals surface area (Å²) in [6.45, 7) is 8.84. The zero-order valence-corrected chi connectivity index (χ0v) is 25.6. The van der Waals surface area contributed by atoms with E-state index in [0.29, 0.717) is 24.3 Å². The number of esters is 1. The number of hydrogen-bond donors (Lipinski definition) is 3. The molecule has 0 unspecified atom stereocenters. The van der Waals surface area contributed by atoms with E-state index < -0.39 is 35.9 Å². The number of ether oxygens (including phenoxy) is 1. The third kappa shape index (κ3) is 10.9. The van der Waals surface area contributed by atoms with Gasteiger partial charge in [0, 0.05) is 50.3 Å². The van der Waals surface area contributed by atoms with Crippen LogP contribution in [0.15, 0.2) is 35.7 Å². The molecule has 1 aromatic carbocycles. The minimum atomic E-state index is -0.933. The number of carbonyl (C=O) groups is 4. The molecule has 2 rings (SSSR count). The lowest BCUT2D eigenvalue weighted by molar-refractivity contribution is -0.148. The molecule has 11 heteroatoms. The molecule has 0 radical (unpaired) electrons. The van der Waals surface area contributed by atoms with E-state index in [1.54, 1.807) is 24.3 Å². The van der Waals surface area contributed by atoms with Crippen molar-refractivity contribution in [2.24, 2.45) is 17.6 Å². The number of nitrogens with two attached hydrogens (primary N) is 1. The van der Waals surface area contributed by atoms with Crippen molar-refractivity contribution in [2.45, 2.75) is 91.0 Å². The molecule has 10 nitrogen and oxygen atoms in total. The van der Waals surface area contributed by atoms with Crippen molar-refractivity contribution < 1.29 is 29.0 Å². The zero-order chi connectivity index (χ0) is 30.7. The highest BCUT2D eigenvalue weighted by Gasteiger charge is 2.31. The van der Waals surface area contributed by atoms with E-state index in [4.69, 9.17) is 10.5 Å².